The van der Waals surface area contributed by atoms with Crippen LogP contribution in [0.3, 0.4) is 0 Å². The zero-order chi connectivity index (χ0) is 16.3. The van der Waals surface area contributed by atoms with Crippen LogP contribution < -0.4 is 4.72 Å². The molecule has 5 heteroatoms. The molecule has 1 saturated carbocycles. The predicted molar refractivity (Wildman–Crippen MR) is 89.1 cm³/mol. The van der Waals surface area contributed by atoms with E-state index < -0.39 is 10.0 Å². The van der Waals surface area contributed by atoms with E-state index in [1.807, 2.05) is 24.3 Å². The quantitative estimate of drug-likeness (QED) is 0.887. The Morgan fingerprint density at radius 3 is 2.26 bits per heavy atom. The smallest absolute Gasteiger partial charge is 0.214 e. The summed E-state index contributed by atoms with van der Waals surface area (Å²) < 4.78 is 27.3. The number of sulfonamides is 1. The van der Waals surface area contributed by atoms with Crippen molar-refractivity contribution in [1.29, 1.82) is 5.26 Å². The second-order valence-corrected chi connectivity index (χ2v) is 7.84. The molecule has 0 aliphatic heterocycles. The maximum Gasteiger partial charge on any atom is 0.215 e. The normalized spacial score (nSPS) is 15.8. The van der Waals surface area contributed by atoms with Crippen LogP contribution in [0.4, 0.5) is 0 Å². The van der Waals surface area contributed by atoms with Gasteiger partial charge < -0.3 is 0 Å². The predicted octanol–water partition coefficient (Wildman–Crippen LogP) is 2.71. The van der Waals surface area contributed by atoms with Gasteiger partial charge in [0.15, 0.2) is 0 Å². The van der Waals surface area contributed by atoms with Gasteiger partial charge in [-0.2, -0.15) is 5.26 Å². The summed E-state index contributed by atoms with van der Waals surface area (Å²) >= 11 is 0. The minimum absolute atomic E-state index is 0.0427. The maximum absolute atomic E-state index is 12.3. The van der Waals surface area contributed by atoms with E-state index in [0.717, 1.165) is 12.8 Å². The molecule has 2 aromatic rings. The van der Waals surface area contributed by atoms with Crippen LogP contribution in [0.1, 0.15) is 29.5 Å². The van der Waals surface area contributed by atoms with Crippen LogP contribution in [-0.2, 0) is 21.2 Å². The van der Waals surface area contributed by atoms with Gasteiger partial charge >= 0.3 is 0 Å². The van der Waals surface area contributed by atoms with E-state index >= 15 is 0 Å². The molecule has 0 radical (unpaired) electrons. The van der Waals surface area contributed by atoms with E-state index in [-0.39, 0.29) is 11.2 Å². The van der Waals surface area contributed by atoms with Gasteiger partial charge in [-0.3, -0.25) is 0 Å². The average molecular weight is 326 g/mol. The molecule has 4 nitrogen and oxygen atoms in total. The maximum atomic E-state index is 12.3. The molecule has 1 aliphatic rings. The zero-order valence-electron chi connectivity index (χ0n) is 12.7. The van der Waals surface area contributed by atoms with Gasteiger partial charge in [0, 0.05) is 12.0 Å². The van der Waals surface area contributed by atoms with Crippen molar-refractivity contribution in [2.75, 3.05) is 6.54 Å². The van der Waals surface area contributed by atoms with Gasteiger partial charge in [0.25, 0.3) is 0 Å². The summed E-state index contributed by atoms with van der Waals surface area (Å²) in [6.45, 7) is 0.440. The number of hydrogen-bond donors (Lipinski definition) is 1. The Hall–Kier alpha value is -2.16. The van der Waals surface area contributed by atoms with E-state index in [1.54, 1.807) is 24.3 Å². The third-order valence-electron chi connectivity index (χ3n) is 4.31. The lowest BCUT2D eigenvalue weighted by molar-refractivity contribution is 0.566. The Morgan fingerprint density at radius 1 is 1.04 bits per heavy atom. The lowest BCUT2D eigenvalue weighted by atomic mass is 9.96. The highest BCUT2D eigenvalue weighted by Gasteiger charge is 2.44. The van der Waals surface area contributed by atoms with Crippen LogP contribution in [0.2, 0.25) is 0 Å². The molecule has 3 rings (SSSR count). The number of nitrogens with one attached hydrogen (secondary N) is 1. The first-order chi connectivity index (χ1) is 11.0. The van der Waals surface area contributed by atoms with Crippen molar-refractivity contribution < 1.29 is 8.42 Å². The van der Waals surface area contributed by atoms with Crippen LogP contribution in [0, 0.1) is 11.3 Å². The van der Waals surface area contributed by atoms with Gasteiger partial charge in [-0.1, -0.05) is 42.5 Å². The zero-order valence-corrected chi connectivity index (χ0v) is 13.5. The fourth-order valence-corrected chi connectivity index (χ4v) is 3.93. The Kier molecular flexibility index (Phi) is 4.20. The molecule has 0 unspecified atom stereocenters. The molecule has 0 heterocycles. The van der Waals surface area contributed by atoms with Crippen molar-refractivity contribution in [3.63, 3.8) is 0 Å². The molecular weight excluding hydrogens is 308 g/mol. The standard InChI is InChI=1S/C18H18N2O2S/c19-12-15-6-8-16(9-7-15)13-23(21,22)20-14-18(10-11-18)17-4-2-1-3-5-17/h1-9,20H,10-11,13-14H2. The second-order valence-electron chi connectivity index (χ2n) is 6.04. The van der Waals surface area contributed by atoms with Gasteiger partial charge in [-0.05, 0) is 36.1 Å². The molecule has 1 N–H and O–H groups in total. The van der Waals surface area contributed by atoms with E-state index in [0.29, 0.717) is 17.7 Å². The summed E-state index contributed by atoms with van der Waals surface area (Å²) in [6.07, 6.45) is 2.02. The summed E-state index contributed by atoms with van der Waals surface area (Å²) in [5.74, 6) is -0.0659. The molecule has 23 heavy (non-hydrogen) atoms. The highest BCUT2D eigenvalue weighted by molar-refractivity contribution is 7.88. The van der Waals surface area contributed by atoms with Crippen LogP contribution >= 0.6 is 0 Å². The highest BCUT2D eigenvalue weighted by Crippen LogP contribution is 2.47. The van der Waals surface area contributed by atoms with Crippen LogP contribution in [0.25, 0.3) is 0 Å². The summed E-state index contributed by atoms with van der Waals surface area (Å²) in [4.78, 5) is 0. The van der Waals surface area contributed by atoms with Gasteiger partial charge in [0.1, 0.15) is 0 Å². The van der Waals surface area contributed by atoms with Gasteiger partial charge in [0.2, 0.25) is 10.0 Å². The molecule has 2 aromatic carbocycles. The fourth-order valence-electron chi connectivity index (χ4n) is 2.70. The Bertz CT molecular complexity index is 818. The van der Waals surface area contributed by atoms with Gasteiger partial charge in [-0.15, -0.1) is 0 Å². The molecule has 1 fully saturated rings. The number of benzene rings is 2. The summed E-state index contributed by atoms with van der Waals surface area (Å²) in [5, 5.41) is 8.77. The van der Waals surface area contributed by atoms with Crippen molar-refractivity contribution in [1.82, 2.24) is 4.72 Å². The third-order valence-corrected chi connectivity index (χ3v) is 5.61. The summed E-state index contributed by atoms with van der Waals surface area (Å²) in [6, 6.07) is 18.7. The topological polar surface area (TPSA) is 70.0 Å². The Balaban J connectivity index is 1.64. The largest absolute Gasteiger partial charge is 0.215 e. The van der Waals surface area contributed by atoms with Crippen LogP contribution in [0.15, 0.2) is 54.6 Å². The SMILES string of the molecule is N#Cc1ccc(CS(=O)(=O)NCC2(c3ccccc3)CC2)cc1. The number of hydrogen-bond acceptors (Lipinski definition) is 3. The minimum Gasteiger partial charge on any atom is -0.214 e. The van der Waals surface area contributed by atoms with Crippen LogP contribution in [0.5, 0.6) is 0 Å². The van der Waals surface area contributed by atoms with E-state index in [1.165, 1.54) is 5.56 Å². The Labute approximate surface area is 136 Å². The van der Waals surface area contributed by atoms with Gasteiger partial charge in [0.05, 0.1) is 17.4 Å². The molecule has 1 aliphatic carbocycles. The molecule has 0 saturated heterocycles. The molecular formula is C18H18N2O2S. The molecule has 0 spiro atoms. The summed E-state index contributed by atoms with van der Waals surface area (Å²) in [7, 11) is -3.39. The third kappa shape index (κ3) is 3.79. The first kappa shape index (κ1) is 15.7. The van der Waals surface area contributed by atoms with E-state index in [9.17, 15) is 8.42 Å². The van der Waals surface area contributed by atoms with Crippen molar-refractivity contribution in [3.05, 3.63) is 71.3 Å². The number of rotatable bonds is 6. The number of nitriles is 1. The molecule has 0 amide bonds. The molecule has 0 atom stereocenters. The minimum atomic E-state index is -3.39. The second kappa shape index (κ2) is 6.15. The lowest BCUT2D eigenvalue weighted by Gasteiger charge is -2.16. The van der Waals surface area contributed by atoms with Crippen molar-refractivity contribution in [3.8, 4) is 6.07 Å². The number of nitrogens with zero attached hydrogens (tertiary/aromatic N) is 1. The van der Waals surface area contributed by atoms with E-state index in [2.05, 4.69) is 16.9 Å². The fraction of sp³-hybridized carbons (Fsp3) is 0.278. The van der Waals surface area contributed by atoms with E-state index in [4.69, 9.17) is 5.26 Å². The first-order valence-corrected chi connectivity index (χ1v) is 9.20. The summed E-state index contributed by atoms with van der Waals surface area (Å²) in [5.41, 5.74) is 2.36. The van der Waals surface area contributed by atoms with Crippen molar-refractivity contribution in [2.24, 2.45) is 0 Å². The highest BCUT2D eigenvalue weighted by atomic mass is 32.2. The van der Waals surface area contributed by atoms with Crippen molar-refractivity contribution >= 4 is 10.0 Å². The monoisotopic (exact) mass is 326 g/mol. The molecule has 0 aromatic heterocycles. The Morgan fingerprint density at radius 2 is 1.70 bits per heavy atom. The van der Waals surface area contributed by atoms with Crippen LogP contribution in [-0.4, -0.2) is 15.0 Å². The molecule has 118 valence electrons. The average Bonchev–Trinajstić information content (AvgIpc) is 3.36. The molecule has 0 bridgehead atoms. The van der Waals surface area contributed by atoms with Crippen molar-refractivity contribution in [2.45, 2.75) is 24.0 Å². The lowest BCUT2D eigenvalue weighted by Crippen LogP contribution is -2.33. The van der Waals surface area contributed by atoms with Gasteiger partial charge in [-0.25, -0.2) is 13.1 Å². The first-order valence-electron chi connectivity index (χ1n) is 7.55.